The highest BCUT2D eigenvalue weighted by molar-refractivity contribution is 6.32. The number of hydrogen-bond donors (Lipinski definition) is 3. The molecule has 0 saturated carbocycles. The maximum Gasteiger partial charge on any atom is 0.270 e. The van der Waals surface area contributed by atoms with Crippen LogP contribution in [0.25, 0.3) is 11.3 Å². The smallest absolute Gasteiger partial charge is 0.270 e. The number of halogens is 1. The fraction of sp³-hybridized carbons (Fsp3) is 0.0526. The van der Waals surface area contributed by atoms with Gasteiger partial charge in [-0.25, -0.2) is 10.4 Å². The molecule has 9 heteroatoms. The van der Waals surface area contributed by atoms with Gasteiger partial charge in [0.05, 0.1) is 24.0 Å². The molecule has 3 aromatic rings. The van der Waals surface area contributed by atoms with E-state index < -0.39 is 5.56 Å². The standard InChI is InChI=1S/C19H14ClN5O3/c1-28-16-8-15(26)12(7-14(16)20)10-22-25-19-23-17(11-5-3-2-4-6-11)13(9-21)18(27)24-19/h2-8,10,26H,1H3,(H2,23,24,25,27). The van der Waals surface area contributed by atoms with Crippen molar-refractivity contribution in [3.63, 3.8) is 0 Å². The summed E-state index contributed by atoms with van der Waals surface area (Å²) in [6.45, 7) is 0. The first-order chi connectivity index (χ1) is 13.5. The SMILES string of the molecule is COc1cc(O)c(C=NNc2nc(-c3ccccc3)c(C#N)c(=O)[nH]2)cc1Cl. The molecule has 0 radical (unpaired) electrons. The zero-order valence-electron chi connectivity index (χ0n) is 14.6. The van der Waals surface area contributed by atoms with Crippen molar-refractivity contribution in [3.05, 3.63) is 69.0 Å². The third-order valence-electron chi connectivity index (χ3n) is 3.75. The third-order valence-corrected chi connectivity index (χ3v) is 4.05. The Bertz CT molecular complexity index is 1140. The topological polar surface area (TPSA) is 123 Å². The maximum atomic E-state index is 12.2. The van der Waals surface area contributed by atoms with Crippen molar-refractivity contribution in [1.82, 2.24) is 9.97 Å². The number of phenols is 1. The van der Waals surface area contributed by atoms with Crippen molar-refractivity contribution in [2.75, 3.05) is 12.5 Å². The van der Waals surface area contributed by atoms with E-state index in [4.69, 9.17) is 16.3 Å². The predicted octanol–water partition coefficient (Wildman–Crippen LogP) is 3.12. The number of ether oxygens (including phenoxy) is 1. The van der Waals surface area contributed by atoms with E-state index in [0.717, 1.165) is 0 Å². The molecule has 0 aliphatic rings. The largest absolute Gasteiger partial charge is 0.507 e. The number of hydrogen-bond acceptors (Lipinski definition) is 7. The van der Waals surface area contributed by atoms with Gasteiger partial charge in [-0.2, -0.15) is 10.4 Å². The van der Waals surface area contributed by atoms with Crippen LogP contribution in [-0.4, -0.2) is 28.4 Å². The highest BCUT2D eigenvalue weighted by atomic mass is 35.5. The number of benzene rings is 2. The summed E-state index contributed by atoms with van der Waals surface area (Å²) in [4.78, 5) is 18.9. The summed E-state index contributed by atoms with van der Waals surface area (Å²) in [5.41, 5.74) is 3.08. The minimum Gasteiger partial charge on any atom is -0.507 e. The van der Waals surface area contributed by atoms with Gasteiger partial charge in [0.25, 0.3) is 5.56 Å². The minimum absolute atomic E-state index is 0.0400. The van der Waals surface area contributed by atoms with E-state index in [1.165, 1.54) is 25.5 Å². The van der Waals surface area contributed by atoms with Crippen LogP contribution in [0.5, 0.6) is 11.5 Å². The molecule has 3 N–H and O–H groups in total. The van der Waals surface area contributed by atoms with Crippen molar-refractivity contribution in [2.45, 2.75) is 0 Å². The molecule has 0 bridgehead atoms. The lowest BCUT2D eigenvalue weighted by atomic mass is 10.1. The van der Waals surface area contributed by atoms with Crippen LogP contribution in [-0.2, 0) is 0 Å². The summed E-state index contributed by atoms with van der Waals surface area (Å²) in [5, 5.41) is 23.5. The van der Waals surface area contributed by atoms with Crippen LogP contribution in [0.1, 0.15) is 11.1 Å². The average molecular weight is 396 g/mol. The number of methoxy groups -OCH3 is 1. The van der Waals surface area contributed by atoms with E-state index in [2.05, 4.69) is 20.5 Å². The number of nitrogens with zero attached hydrogens (tertiary/aromatic N) is 3. The lowest BCUT2D eigenvalue weighted by Crippen LogP contribution is -2.16. The number of phenolic OH excluding ortho intramolecular Hbond substituents is 1. The Hall–Kier alpha value is -3.83. The van der Waals surface area contributed by atoms with Crippen LogP contribution in [0.15, 0.2) is 52.4 Å². The molecule has 0 fully saturated rings. The minimum atomic E-state index is -0.593. The van der Waals surface area contributed by atoms with Crippen LogP contribution in [0.4, 0.5) is 5.95 Å². The zero-order valence-corrected chi connectivity index (χ0v) is 15.4. The monoisotopic (exact) mass is 395 g/mol. The number of aromatic nitrogens is 2. The van der Waals surface area contributed by atoms with Gasteiger partial charge in [0.1, 0.15) is 23.1 Å². The summed E-state index contributed by atoms with van der Waals surface area (Å²) in [5.74, 6) is 0.283. The molecule has 0 aliphatic carbocycles. The maximum absolute atomic E-state index is 12.2. The van der Waals surface area contributed by atoms with Crippen molar-refractivity contribution in [2.24, 2.45) is 5.10 Å². The molecule has 28 heavy (non-hydrogen) atoms. The molecule has 0 unspecified atom stereocenters. The van der Waals surface area contributed by atoms with Gasteiger partial charge in [-0.3, -0.25) is 9.78 Å². The van der Waals surface area contributed by atoms with Gasteiger partial charge in [-0.15, -0.1) is 0 Å². The molecule has 0 aliphatic heterocycles. The molecule has 0 atom stereocenters. The summed E-state index contributed by atoms with van der Waals surface area (Å²) in [6.07, 6.45) is 1.31. The van der Waals surface area contributed by atoms with E-state index in [1.54, 1.807) is 24.3 Å². The van der Waals surface area contributed by atoms with Gasteiger partial charge in [0.15, 0.2) is 0 Å². The quantitative estimate of drug-likeness (QED) is 0.450. The molecule has 2 aromatic carbocycles. The molecule has 8 nitrogen and oxygen atoms in total. The number of rotatable bonds is 5. The number of H-pyrrole nitrogens is 1. The van der Waals surface area contributed by atoms with Gasteiger partial charge in [0.2, 0.25) is 5.95 Å². The molecule has 0 saturated heterocycles. The lowest BCUT2D eigenvalue weighted by molar-refractivity contribution is 0.408. The Morgan fingerprint density at radius 2 is 2.11 bits per heavy atom. The number of nitriles is 1. The molecule has 3 rings (SSSR count). The van der Waals surface area contributed by atoms with Gasteiger partial charge in [-0.1, -0.05) is 41.9 Å². The molecule has 0 amide bonds. The Morgan fingerprint density at radius 3 is 2.79 bits per heavy atom. The van der Waals surface area contributed by atoms with Crippen LogP contribution < -0.4 is 15.7 Å². The van der Waals surface area contributed by atoms with Gasteiger partial charge in [-0.05, 0) is 6.07 Å². The highest BCUT2D eigenvalue weighted by Gasteiger charge is 2.13. The van der Waals surface area contributed by atoms with Crippen molar-refractivity contribution >= 4 is 23.8 Å². The number of anilines is 1. The first-order valence-corrected chi connectivity index (χ1v) is 8.36. The third kappa shape index (κ3) is 3.95. The molecule has 1 aromatic heterocycles. The second kappa shape index (κ2) is 8.24. The van der Waals surface area contributed by atoms with Gasteiger partial charge in [0, 0.05) is 17.2 Å². The van der Waals surface area contributed by atoms with E-state index in [0.29, 0.717) is 21.9 Å². The van der Waals surface area contributed by atoms with E-state index in [-0.39, 0.29) is 23.0 Å². The Labute approximate surface area is 164 Å². The van der Waals surface area contributed by atoms with Crippen LogP contribution in [0.3, 0.4) is 0 Å². The Morgan fingerprint density at radius 1 is 1.36 bits per heavy atom. The zero-order chi connectivity index (χ0) is 20.1. The summed E-state index contributed by atoms with van der Waals surface area (Å²) >= 11 is 6.03. The van der Waals surface area contributed by atoms with E-state index in [9.17, 15) is 15.2 Å². The summed E-state index contributed by atoms with van der Waals surface area (Å²) in [7, 11) is 1.44. The number of aromatic amines is 1. The number of hydrazone groups is 1. The predicted molar refractivity (Wildman–Crippen MR) is 106 cm³/mol. The number of nitrogens with one attached hydrogen (secondary N) is 2. The molecule has 1 heterocycles. The van der Waals surface area contributed by atoms with E-state index in [1.807, 2.05) is 12.1 Å². The second-order valence-corrected chi connectivity index (χ2v) is 5.94. The highest BCUT2D eigenvalue weighted by Crippen LogP contribution is 2.30. The van der Waals surface area contributed by atoms with Crippen LogP contribution in [0, 0.1) is 11.3 Å². The van der Waals surface area contributed by atoms with Crippen molar-refractivity contribution < 1.29 is 9.84 Å². The molecule has 0 spiro atoms. The average Bonchev–Trinajstić information content (AvgIpc) is 2.70. The molecule has 140 valence electrons. The van der Waals surface area contributed by atoms with Crippen LogP contribution >= 0.6 is 11.6 Å². The summed E-state index contributed by atoms with van der Waals surface area (Å²) in [6, 6.07) is 13.6. The van der Waals surface area contributed by atoms with Gasteiger partial charge >= 0.3 is 0 Å². The van der Waals surface area contributed by atoms with Crippen molar-refractivity contribution in [3.8, 4) is 28.8 Å². The number of aromatic hydroxyl groups is 1. The first-order valence-electron chi connectivity index (χ1n) is 7.99. The van der Waals surface area contributed by atoms with Gasteiger partial charge < -0.3 is 9.84 Å². The fourth-order valence-corrected chi connectivity index (χ4v) is 2.66. The Balaban J connectivity index is 1.91. The second-order valence-electron chi connectivity index (χ2n) is 5.53. The molecular weight excluding hydrogens is 382 g/mol. The normalized spacial score (nSPS) is 10.6. The fourth-order valence-electron chi connectivity index (χ4n) is 2.42. The van der Waals surface area contributed by atoms with E-state index >= 15 is 0 Å². The molecular formula is C19H14ClN5O3. The summed E-state index contributed by atoms with van der Waals surface area (Å²) < 4.78 is 5.02. The first kappa shape index (κ1) is 18.9. The van der Waals surface area contributed by atoms with Crippen LogP contribution in [0.2, 0.25) is 5.02 Å². The Kier molecular flexibility index (Phi) is 5.58. The lowest BCUT2D eigenvalue weighted by Gasteiger charge is -2.07. The van der Waals surface area contributed by atoms with Crippen molar-refractivity contribution in [1.29, 1.82) is 5.26 Å².